The maximum Gasteiger partial charge on any atom is 0.328 e. The molecule has 0 fully saturated rings. The normalized spacial score (nSPS) is 18.2. The van der Waals surface area contributed by atoms with Crippen molar-refractivity contribution in [3.63, 3.8) is 0 Å². The largest absolute Gasteiger partial charge is 0.328 e. The topological polar surface area (TPSA) is 93.1 Å². The van der Waals surface area contributed by atoms with Crippen molar-refractivity contribution in [1.29, 1.82) is 0 Å². The lowest BCUT2D eigenvalue weighted by atomic mass is 10.5. The van der Waals surface area contributed by atoms with E-state index in [1.54, 1.807) is 0 Å². The summed E-state index contributed by atoms with van der Waals surface area (Å²) in [5.74, 6) is 0. The molecule has 146 valence electrons. The Bertz CT molecular complexity index is 417. The molecular formula is C14H36O6P2Si2. The van der Waals surface area contributed by atoms with Crippen LogP contribution in [0.3, 0.4) is 0 Å². The molecule has 6 nitrogen and oxygen atoms in total. The van der Waals surface area contributed by atoms with Crippen molar-refractivity contribution in [3.8, 4) is 0 Å². The van der Waals surface area contributed by atoms with Gasteiger partial charge in [-0.05, 0) is 12.8 Å². The number of hydrogen-bond acceptors (Lipinski definition) is 4. The average molecular weight is 419 g/mol. The van der Waals surface area contributed by atoms with E-state index in [0.717, 1.165) is 24.9 Å². The van der Waals surface area contributed by atoms with Crippen molar-refractivity contribution in [2.24, 2.45) is 0 Å². The third-order valence-corrected chi connectivity index (χ3v) is 10.2. The van der Waals surface area contributed by atoms with Gasteiger partial charge in [-0.1, -0.05) is 51.4 Å². The lowest BCUT2D eigenvalue weighted by Gasteiger charge is -2.18. The van der Waals surface area contributed by atoms with Gasteiger partial charge in [0.15, 0.2) is 0 Å². The van der Waals surface area contributed by atoms with Crippen LogP contribution in [-0.2, 0) is 18.2 Å². The Morgan fingerprint density at radius 1 is 0.708 bits per heavy atom. The van der Waals surface area contributed by atoms with E-state index in [1.165, 1.54) is 0 Å². The molecule has 0 aromatic heterocycles. The van der Waals surface area contributed by atoms with Gasteiger partial charge in [0.25, 0.3) is 0 Å². The monoisotopic (exact) mass is 418 g/mol. The number of rotatable bonds is 13. The van der Waals surface area contributed by atoms with Crippen LogP contribution in [-0.4, -0.2) is 51.5 Å². The van der Waals surface area contributed by atoms with Crippen LogP contribution in [0.4, 0.5) is 0 Å². The zero-order valence-electron chi connectivity index (χ0n) is 16.1. The molecule has 0 aromatic carbocycles. The molecule has 2 N–H and O–H groups in total. The minimum absolute atomic E-state index is 0.213. The molecule has 10 heteroatoms. The highest BCUT2D eigenvalue weighted by Crippen LogP contribution is 2.49. The molecule has 0 aliphatic carbocycles. The van der Waals surface area contributed by atoms with Crippen LogP contribution in [0.2, 0.25) is 51.4 Å². The third-order valence-electron chi connectivity index (χ3n) is 3.39. The van der Waals surface area contributed by atoms with E-state index in [4.69, 9.17) is 9.05 Å². The van der Waals surface area contributed by atoms with Crippen molar-refractivity contribution in [2.45, 2.75) is 64.2 Å². The van der Waals surface area contributed by atoms with Crippen LogP contribution >= 0.6 is 15.2 Å². The molecule has 0 rings (SSSR count). The van der Waals surface area contributed by atoms with E-state index in [0.29, 0.717) is 0 Å². The lowest BCUT2D eigenvalue weighted by Crippen LogP contribution is -2.19. The van der Waals surface area contributed by atoms with Gasteiger partial charge in [0.05, 0.1) is 25.5 Å². The van der Waals surface area contributed by atoms with Gasteiger partial charge in [-0.15, -0.1) is 0 Å². The van der Waals surface area contributed by atoms with Crippen LogP contribution in [0.5, 0.6) is 0 Å². The van der Waals surface area contributed by atoms with E-state index in [-0.39, 0.29) is 25.5 Å². The van der Waals surface area contributed by atoms with Crippen LogP contribution < -0.4 is 0 Å². The molecule has 0 aromatic rings. The molecular weight excluding hydrogens is 382 g/mol. The fourth-order valence-corrected chi connectivity index (χ4v) is 7.52. The van der Waals surface area contributed by atoms with E-state index in [9.17, 15) is 18.9 Å². The minimum Gasteiger partial charge on any atom is -0.324 e. The average Bonchev–Trinajstić information content (AvgIpc) is 2.36. The molecule has 0 radical (unpaired) electrons. The van der Waals surface area contributed by atoms with Crippen LogP contribution in [0, 0.1) is 0 Å². The zero-order chi connectivity index (χ0) is 19.1. The Labute approximate surface area is 149 Å². The van der Waals surface area contributed by atoms with Crippen molar-refractivity contribution in [3.05, 3.63) is 0 Å². The van der Waals surface area contributed by atoms with E-state index in [1.807, 2.05) is 0 Å². The molecule has 0 aliphatic heterocycles. The molecule has 0 amide bonds. The molecule has 0 spiro atoms. The summed E-state index contributed by atoms with van der Waals surface area (Å²) in [6, 6.07) is 2.04. The molecule has 24 heavy (non-hydrogen) atoms. The van der Waals surface area contributed by atoms with Crippen molar-refractivity contribution < 1.29 is 28.0 Å². The van der Waals surface area contributed by atoms with Crippen molar-refractivity contribution in [1.82, 2.24) is 0 Å². The van der Waals surface area contributed by atoms with E-state index in [2.05, 4.69) is 39.3 Å². The fraction of sp³-hybridized carbons (Fsp3) is 1.00. The van der Waals surface area contributed by atoms with Gasteiger partial charge in [-0.2, -0.15) is 0 Å². The summed E-state index contributed by atoms with van der Waals surface area (Å²) in [5, 5.41) is 0. The first-order valence-corrected chi connectivity index (χ1v) is 19.5. The highest BCUT2D eigenvalue weighted by molar-refractivity contribution is 7.57. The van der Waals surface area contributed by atoms with Gasteiger partial charge in [-0.25, -0.2) is 0 Å². The summed E-state index contributed by atoms with van der Waals surface area (Å²) >= 11 is 0. The lowest BCUT2D eigenvalue weighted by molar-refractivity contribution is 0.251. The van der Waals surface area contributed by atoms with E-state index >= 15 is 0 Å². The maximum absolute atomic E-state index is 11.9. The van der Waals surface area contributed by atoms with Gasteiger partial charge in [0, 0.05) is 16.1 Å². The molecule has 2 unspecified atom stereocenters. The first-order chi connectivity index (χ1) is 10.6. The number of hydrogen-bond donors (Lipinski definition) is 2. The quantitative estimate of drug-likeness (QED) is 0.252. The zero-order valence-corrected chi connectivity index (χ0v) is 19.9. The molecule has 0 aliphatic rings. The Morgan fingerprint density at radius 2 is 1.00 bits per heavy atom. The Kier molecular flexibility index (Phi) is 10.5. The standard InChI is InChI=1S/C14H36O6P2Si2/c1-23(2,3)13-7-9-19-21(15,16)11-12-22(17,18)20-10-8-14-24(4,5)6/h7-14H2,1-6H3,(H,15,16)(H,17,18). The summed E-state index contributed by atoms with van der Waals surface area (Å²) in [7, 11) is -10.0. The second-order valence-electron chi connectivity index (χ2n) is 8.72. The Hall–Kier alpha value is 0.734. The highest BCUT2D eigenvalue weighted by atomic mass is 31.2. The Balaban J connectivity index is 4.05. The van der Waals surface area contributed by atoms with Gasteiger partial charge < -0.3 is 18.8 Å². The molecule has 0 saturated carbocycles. The summed E-state index contributed by atoms with van der Waals surface area (Å²) < 4.78 is 33.9. The first-order valence-electron chi connectivity index (χ1n) is 8.55. The minimum atomic E-state index is -3.83. The second kappa shape index (κ2) is 10.2. The molecule has 0 saturated heterocycles. The Morgan fingerprint density at radius 3 is 1.25 bits per heavy atom. The molecule has 2 atom stereocenters. The smallest absolute Gasteiger partial charge is 0.324 e. The molecule has 0 bridgehead atoms. The fourth-order valence-electron chi connectivity index (χ4n) is 2.00. The SMILES string of the molecule is C[Si](C)(C)CCCOP(=O)(O)CCP(=O)(O)OCCC[Si](C)(C)C. The van der Waals surface area contributed by atoms with Gasteiger partial charge in [-0.3, -0.25) is 9.13 Å². The summed E-state index contributed by atoms with van der Waals surface area (Å²) in [5.41, 5.74) is 0. The van der Waals surface area contributed by atoms with E-state index < -0.39 is 31.3 Å². The third kappa shape index (κ3) is 16.2. The second-order valence-corrected chi connectivity index (χ2v) is 23.9. The predicted octanol–water partition coefficient (Wildman–Crippen LogP) is 4.85. The highest BCUT2D eigenvalue weighted by Gasteiger charge is 2.28. The predicted molar refractivity (Wildman–Crippen MR) is 107 cm³/mol. The van der Waals surface area contributed by atoms with Crippen LogP contribution in [0.15, 0.2) is 0 Å². The van der Waals surface area contributed by atoms with Gasteiger partial charge in [0.2, 0.25) is 0 Å². The first kappa shape index (κ1) is 24.7. The van der Waals surface area contributed by atoms with Crippen LogP contribution in [0.25, 0.3) is 0 Å². The molecule has 0 heterocycles. The summed E-state index contributed by atoms with van der Waals surface area (Å²) in [4.78, 5) is 19.5. The van der Waals surface area contributed by atoms with Crippen molar-refractivity contribution in [2.75, 3.05) is 25.5 Å². The van der Waals surface area contributed by atoms with Crippen molar-refractivity contribution >= 4 is 31.3 Å². The van der Waals surface area contributed by atoms with Crippen LogP contribution in [0.1, 0.15) is 12.8 Å². The maximum atomic E-state index is 11.9. The van der Waals surface area contributed by atoms with Gasteiger partial charge in [0.1, 0.15) is 0 Å². The summed E-state index contributed by atoms with van der Waals surface area (Å²) in [6.07, 6.45) is 0.790. The van der Waals surface area contributed by atoms with Gasteiger partial charge >= 0.3 is 15.2 Å². The summed E-state index contributed by atoms with van der Waals surface area (Å²) in [6.45, 7) is 13.8.